The van der Waals surface area contributed by atoms with Crippen LogP contribution in [0.3, 0.4) is 0 Å². The second-order valence-electron chi connectivity index (χ2n) is 7.66. The molecule has 1 atom stereocenters. The Morgan fingerprint density at radius 3 is 2.59 bits per heavy atom. The zero-order valence-corrected chi connectivity index (χ0v) is 19.3. The highest BCUT2D eigenvalue weighted by Gasteiger charge is 2.48. The zero-order valence-electron chi connectivity index (χ0n) is 17.7. The molecule has 3 rings (SSSR count). The smallest absolute Gasteiger partial charge is 0.303 e. The van der Waals surface area contributed by atoms with Gasteiger partial charge < -0.3 is 5.11 Å². The van der Waals surface area contributed by atoms with Crippen molar-refractivity contribution in [2.45, 2.75) is 45.1 Å². The number of imide groups is 1. The number of amides is 3. The van der Waals surface area contributed by atoms with Crippen molar-refractivity contribution in [3.05, 3.63) is 52.4 Å². The molecule has 168 valence electrons. The summed E-state index contributed by atoms with van der Waals surface area (Å²) in [5, 5.41) is 8.69. The lowest BCUT2D eigenvalue weighted by atomic mass is 10.1. The number of unbranched alkanes of at least 4 members (excludes halogenated alkanes) is 2. The van der Waals surface area contributed by atoms with Gasteiger partial charge in [-0.25, -0.2) is 0 Å². The average molecular weight is 473 g/mol. The number of likely N-dealkylation sites (tertiary alicyclic amines) is 1. The van der Waals surface area contributed by atoms with Crippen LogP contribution < -0.4 is 0 Å². The third-order valence-corrected chi connectivity index (χ3v) is 6.51. The summed E-state index contributed by atoms with van der Waals surface area (Å²) in [4.78, 5) is 51.7. The summed E-state index contributed by atoms with van der Waals surface area (Å²) in [6.45, 7) is 2.10. The first-order chi connectivity index (χ1) is 15.3. The van der Waals surface area contributed by atoms with Crippen molar-refractivity contribution >= 4 is 58.1 Å². The van der Waals surface area contributed by atoms with E-state index in [9.17, 15) is 19.2 Å². The molecule has 0 aromatic heterocycles. The van der Waals surface area contributed by atoms with Crippen molar-refractivity contribution in [3.63, 3.8) is 0 Å². The lowest BCUT2D eigenvalue weighted by Crippen LogP contribution is -2.44. The van der Waals surface area contributed by atoms with Gasteiger partial charge in [-0.2, -0.15) is 0 Å². The van der Waals surface area contributed by atoms with Crippen LogP contribution in [0.1, 0.15) is 44.6 Å². The van der Waals surface area contributed by atoms with Crippen molar-refractivity contribution in [2.24, 2.45) is 0 Å². The summed E-state index contributed by atoms with van der Waals surface area (Å²) in [7, 11) is 0. The molecule has 2 saturated heterocycles. The minimum atomic E-state index is -0.918. The molecule has 0 radical (unpaired) electrons. The molecule has 0 saturated carbocycles. The Balaban J connectivity index is 1.65. The minimum absolute atomic E-state index is 0.0610. The van der Waals surface area contributed by atoms with Crippen molar-refractivity contribution in [2.75, 3.05) is 6.54 Å². The lowest BCUT2D eigenvalue weighted by Gasteiger charge is -2.21. The van der Waals surface area contributed by atoms with Gasteiger partial charge in [-0.15, -0.1) is 0 Å². The van der Waals surface area contributed by atoms with Crippen LogP contribution in [0.15, 0.2) is 46.9 Å². The predicted octanol–water partition coefficient (Wildman–Crippen LogP) is 3.61. The molecule has 0 spiro atoms. The van der Waals surface area contributed by atoms with Gasteiger partial charge in [0.25, 0.3) is 11.8 Å². The van der Waals surface area contributed by atoms with Crippen LogP contribution in [0.4, 0.5) is 0 Å². The molecule has 1 aromatic carbocycles. The predicted molar refractivity (Wildman–Crippen MR) is 126 cm³/mol. The topological polar surface area (TPSA) is 95.0 Å². The maximum absolute atomic E-state index is 13.0. The maximum Gasteiger partial charge on any atom is 0.303 e. The van der Waals surface area contributed by atoms with E-state index < -0.39 is 17.9 Å². The Bertz CT molecular complexity index is 1000. The second-order valence-corrected chi connectivity index (χ2v) is 9.33. The molecule has 9 heteroatoms. The first-order valence-electron chi connectivity index (χ1n) is 10.3. The highest BCUT2D eigenvalue weighted by molar-refractivity contribution is 8.26. The van der Waals surface area contributed by atoms with E-state index in [-0.39, 0.29) is 35.5 Å². The van der Waals surface area contributed by atoms with Crippen LogP contribution in [-0.2, 0) is 19.2 Å². The largest absolute Gasteiger partial charge is 0.481 e. The van der Waals surface area contributed by atoms with E-state index in [4.69, 9.17) is 17.3 Å². The van der Waals surface area contributed by atoms with Crippen LogP contribution in [0.2, 0.25) is 0 Å². The van der Waals surface area contributed by atoms with E-state index in [0.717, 1.165) is 27.8 Å². The SMILES string of the molecule is CC(/C=C1\SC(=S)N(C2CC(=O)N(CCCCCC(=O)O)C2=O)C1=O)=C\c1ccccc1. The number of nitrogens with zero attached hydrogens (tertiary/aromatic N) is 2. The number of thioether (sulfide) groups is 1. The molecule has 2 aliphatic rings. The molecule has 32 heavy (non-hydrogen) atoms. The number of aliphatic carboxylic acids is 1. The van der Waals surface area contributed by atoms with Gasteiger partial charge in [0.2, 0.25) is 5.91 Å². The number of thiocarbonyl (C=S) groups is 1. The van der Waals surface area contributed by atoms with Gasteiger partial charge in [0, 0.05) is 13.0 Å². The van der Waals surface area contributed by atoms with Crippen molar-refractivity contribution < 1.29 is 24.3 Å². The number of hydrogen-bond acceptors (Lipinski definition) is 6. The maximum atomic E-state index is 13.0. The number of carbonyl (C=O) groups excluding carboxylic acids is 3. The van der Waals surface area contributed by atoms with Crippen LogP contribution in [0, 0.1) is 0 Å². The van der Waals surface area contributed by atoms with Gasteiger partial charge in [0.1, 0.15) is 10.4 Å². The average Bonchev–Trinajstić information content (AvgIpc) is 3.16. The first-order valence-corrected chi connectivity index (χ1v) is 11.6. The third-order valence-electron chi connectivity index (χ3n) is 5.18. The van der Waals surface area contributed by atoms with Crippen LogP contribution in [-0.4, -0.2) is 55.5 Å². The van der Waals surface area contributed by atoms with E-state index in [0.29, 0.717) is 24.2 Å². The van der Waals surface area contributed by atoms with E-state index >= 15 is 0 Å². The summed E-state index contributed by atoms with van der Waals surface area (Å²) in [6.07, 6.45) is 5.28. The zero-order chi connectivity index (χ0) is 23.3. The van der Waals surface area contributed by atoms with Gasteiger partial charge in [-0.3, -0.25) is 29.0 Å². The molecule has 2 heterocycles. The summed E-state index contributed by atoms with van der Waals surface area (Å²) in [5.74, 6) is -2.00. The van der Waals surface area contributed by atoms with Crippen molar-refractivity contribution in [1.29, 1.82) is 0 Å². The molecule has 2 aliphatic heterocycles. The molecule has 1 unspecified atom stereocenters. The van der Waals surface area contributed by atoms with E-state index in [2.05, 4.69) is 0 Å². The standard InChI is InChI=1S/C23H24N2O5S2/c1-15(12-16-8-4-2-5-9-16)13-18-22(30)25(23(31)32-18)17-14-19(26)24(21(17)29)11-7-3-6-10-20(27)28/h2,4-5,8-9,12-13,17H,3,6-7,10-11,14H2,1H3,(H,27,28)/b15-12+,18-13-. The van der Waals surface area contributed by atoms with Crippen LogP contribution in [0.5, 0.6) is 0 Å². The molecule has 2 fully saturated rings. The number of carboxylic acids is 1. The monoisotopic (exact) mass is 472 g/mol. The highest BCUT2D eigenvalue weighted by Crippen LogP contribution is 2.36. The van der Waals surface area contributed by atoms with Crippen LogP contribution >= 0.6 is 24.0 Å². The number of rotatable bonds is 9. The quantitative estimate of drug-likeness (QED) is 0.254. The fraction of sp³-hybridized carbons (Fsp3) is 0.348. The summed E-state index contributed by atoms with van der Waals surface area (Å²) in [5.41, 5.74) is 1.88. The van der Waals surface area contributed by atoms with Gasteiger partial charge in [0.15, 0.2) is 0 Å². The fourth-order valence-corrected chi connectivity index (χ4v) is 5.04. The number of carbonyl (C=O) groups is 4. The number of hydrogen-bond donors (Lipinski definition) is 1. The summed E-state index contributed by atoms with van der Waals surface area (Å²) in [6, 6.07) is 8.79. The Labute approximate surface area is 196 Å². The number of carboxylic acid groups (broad SMARTS) is 1. The molecular weight excluding hydrogens is 448 g/mol. The molecule has 1 N–H and O–H groups in total. The Kier molecular flexibility index (Phi) is 7.98. The molecule has 7 nitrogen and oxygen atoms in total. The lowest BCUT2D eigenvalue weighted by molar-refractivity contribution is -0.141. The highest BCUT2D eigenvalue weighted by atomic mass is 32.2. The Morgan fingerprint density at radius 1 is 1.19 bits per heavy atom. The third kappa shape index (κ3) is 5.72. The van der Waals surface area contributed by atoms with Gasteiger partial charge in [-0.1, -0.05) is 66.8 Å². The number of allylic oxidation sites excluding steroid dienone is 2. The normalized spacial score (nSPS) is 20.7. The second kappa shape index (κ2) is 10.7. The Morgan fingerprint density at radius 2 is 1.91 bits per heavy atom. The van der Waals surface area contributed by atoms with Gasteiger partial charge in [0.05, 0.1) is 11.3 Å². The van der Waals surface area contributed by atoms with E-state index in [1.54, 1.807) is 6.08 Å². The van der Waals surface area contributed by atoms with E-state index in [1.165, 1.54) is 4.90 Å². The molecule has 0 aliphatic carbocycles. The summed E-state index contributed by atoms with van der Waals surface area (Å²) < 4.78 is 0.267. The van der Waals surface area contributed by atoms with E-state index in [1.807, 2.05) is 43.3 Å². The van der Waals surface area contributed by atoms with Gasteiger partial charge >= 0.3 is 5.97 Å². The Hall–Kier alpha value is -2.78. The summed E-state index contributed by atoms with van der Waals surface area (Å²) >= 11 is 6.49. The number of benzene rings is 1. The van der Waals surface area contributed by atoms with Gasteiger partial charge in [-0.05, 0) is 37.0 Å². The van der Waals surface area contributed by atoms with Crippen LogP contribution in [0.25, 0.3) is 6.08 Å². The fourth-order valence-electron chi connectivity index (χ4n) is 3.63. The van der Waals surface area contributed by atoms with Crippen molar-refractivity contribution in [1.82, 2.24) is 9.80 Å². The first kappa shape index (κ1) is 23.9. The minimum Gasteiger partial charge on any atom is -0.481 e. The molecular formula is C23H24N2O5S2. The molecule has 3 amide bonds. The molecule has 1 aromatic rings. The molecule has 0 bridgehead atoms. The van der Waals surface area contributed by atoms with Crippen molar-refractivity contribution in [3.8, 4) is 0 Å².